The molecular formula is C20H23N3O4. The van der Waals surface area contributed by atoms with Crippen molar-refractivity contribution in [1.82, 2.24) is 15.6 Å². The summed E-state index contributed by atoms with van der Waals surface area (Å²) in [5, 5.41) is 5.79. The normalized spacial score (nSPS) is 14.1. The Morgan fingerprint density at radius 3 is 2.59 bits per heavy atom. The molecule has 0 spiro atoms. The van der Waals surface area contributed by atoms with Crippen molar-refractivity contribution >= 4 is 28.8 Å². The maximum Gasteiger partial charge on any atom is 0.340 e. The predicted octanol–water partition coefficient (Wildman–Crippen LogP) is 2.78. The van der Waals surface area contributed by atoms with Crippen molar-refractivity contribution in [2.24, 2.45) is 0 Å². The van der Waals surface area contributed by atoms with E-state index < -0.39 is 24.5 Å². The van der Waals surface area contributed by atoms with Crippen molar-refractivity contribution < 1.29 is 19.1 Å². The number of urea groups is 1. The minimum atomic E-state index is -0.664. The lowest BCUT2D eigenvalue weighted by molar-refractivity contribution is -0.123. The minimum Gasteiger partial charge on any atom is -0.452 e. The van der Waals surface area contributed by atoms with Gasteiger partial charge in [0.2, 0.25) is 0 Å². The average Bonchev–Trinajstić information content (AvgIpc) is 3.12. The molecular weight excluding hydrogens is 346 g/mol. The van der Waals surface area contributed by atoms with Crippen molar-refractivity contribution in [1.29, 1.82) is 0 Å². The fourth-order valence-electron chi connectivity index (χ4n) is 3.49. The SMILES string of the molecule is Cc1nc2ccccc2c(C)c1C(=O)OCC(=O)NC(=O)NC1CCCC1. The largest absolute Gasteiger partial charge is 0.452 e. The molecule has 7 heteroatoms. The highest BCUT2D eigenvalue weighted by Gasteiger charge is 2.21. The van der Waals surface area contributed by atoms with E-state index in [-0.39, 0.29) is 6.04 Å². The van der Waals surface area contributed by atoms with Crippen LogP contribution >= 0.6 is 0 Å². The van der Waals surface area contributed by atoms with Crippen LogP contribution in [0.25, 0.3) is 10.9 Å². The van der Waals surface area contributed by atoms with Gasteiger partial charge < -0.3 is 10.1 Å². The molecule has 0 unspecified atom stereocenters. The molecule has 0 saturated heterocycles. The van der Waals surface area contributed by atoms with Crippen LogP contribution in [0.4, 0.5) is 4.79 Å². The number of fused-ring (bicyclic) bond motifs is 1. The van der Waals surface area contributed by atoms with Gasteiger partial charge in [-0.25, -0.2) is 9.59 Å². The number of hydrogen-bond donors (Lipinski definition) is 2. The molecule has 1 heterocycles. The number of hydrogen-bond acceptors (Lipinski definition) is 5. The highest BCUT2D eigenvalue weighted by molar-refractivity contribution is 6.00. The molecule has 0 atom stereocenters. The minimum absolute atomic E-state index is 0.106. The number of pyridine rings is 1. The molecule has 1 aromatic heterocycles. The number of benzene rings is 1. The summed E-state index contributed by atoms with van der Waals surface area (Å²) in [5.74, 6) is -1.29. The van der Waals surface area contributed by atoms with Gasteiger partial charge in [-0.3, -0.25) is 15.1 Å². The highest BCUT2D eigenvalue weighted by atomic mass is 16.5. The molecule has 1 aliphatic carbocycles. The Morgan fingerprint density at radius 1 is 1.15 bits per heavy atom. The topological polar surface area (TPSA) is 97.4 Å². The molecule has 1 fully saturated rings. The van der Waals surface area contributed by atoms with E-state index in [2.05, 4.69) is 15.6 Å². The Balaban J connectivity index is 1.59. The lowest BCUT2D eigenvalue weighted by Crippen LogP contribution is -2.45. The third-order valence-corrected chi connectivity index (χ3v) is 4.81. The first-order valence-electron chi connectivity index (χ1n) is 9.09. The van der Waals surface area contributed by atoms with E-state index in [9.17, 15) is 14.4 Å². The first-order valence-corrected chi connectivity index (χ1v) is 9.09. The summed E-state index contributed by atoms with van der Waals surface area (Å²) in [4.78, 5) is 40.5. The van der Waals surface area contributed by atoms with Crippen LogP contribution in [-0.4, -0.2) is 35.5 Å². The molecule has 2 N–H and O–H groups in total. The van der Waals surface area contributed by atoms with E-state index in [1.165, 1.54) is 0 Å². The van der Waals surface area contributed by atoms with Crippen molar-refractivity contribution in [3.8, 4) is 0 Å². The number of nitrogens with one attached hydrogen (secondary N) is 2. The van der Waals surface area contributed by atoms with E-state index in [0.717, 1.165) is 42.1 Å². The monoisotopic (exact) mass is 369 g/mol. The maximum absolute atomic E-state index is 12.5. The van der Waals surface area contributed by atoms with Crippen molar-refractivity contribution in [2.45, 2.75) is 45.6 Å². The summed E-state index contributed by atoms with van der Waals surface area (Å²) < 4.78 is 5.10. The molecule has 3 rings (SSSR count). The Kier molecular flexibility index (Phi) is 5.69. The molecule has 1 saturated carbocycles. The van der Waals surface area contributed by atoms with Crippen LogP contribution in [-0.2, 0) is 9.53 Å². The van der Waals surface area contributed by atoms with Crippen molar-refractivity contribution in [2.75, 3.05) is 6.61 Å². The van der Waals surface area contributed by atoms with Gasteiger partial charge in [0.15, 0.2) is 6.61 Å². The number of amides is 3. The standard InChI is InChI=1S/C20H23N3O4/c1-12-15-9-5-6-10-16(15)21-13(2)18(12)19(25)27-11-17(24)23-20(26)22-14-7-3-4-8-14/h5-6,9-10,14H,3-4,7-8,11H2,1-2H3,(H2,22,23,24,26). The quantitative estimate of drug-likeness (QED) is 0.808. The van der Waals surface area contributed by atoms with E-state index in [0.29, 0.717) is 11.3 Å². The Labute approximate surface area is 157 Å². The number of aromatic nitrogens is 1. The van der Waals surface area contributed by atoms with Crippen molar-refractivity contribution in [3.63, 3.8) is 0 Å². The summed E-state index contributed by atoms with van der Waals surface area (Å²) in [6.45, 7) is 3.02. The number of ether oxygens (including phenoxy) is 1. The third-order valence-electron chi connectivity index (χ3n) is 4.81. The molecule has 3 amide bonds. The fraction of sp³-hybridized carbons (Fsp3) is 0.400. The first-order chi connectivity index (χ1) is 13.0. The zero-order chi connectivity index (χ0) is 19.4. The zero-order valence-corrected chi connectivity index (χ0v) is 15.5. The number of para-hydroxylation sites is 1. The van der Waals surface area contributed by atoms with E-state index in [1.54, 1.807) is 6.92 Å². The number of carbonyl (C=O) groups excluding carboxylic acids is 3. The predicted molar refractivity (Wildman–Crippen MR) is 100 cm³/mol. The molecule has 27 heavy (non-hydrogen) atoms. The van der Waals surface area contributed by atoms with Gasteiger partial charge in [-0.2, -0.15) is 0 Å². The van der Waals surface area contributed by atoms with Gasteiger partial charge in [0.1, 0.15) is 0 Å². The van der Waals surface area contributed by atoms with Crippen LogP contribution in [0.3, 0.4) is 0 Å². The second kappa shape index (κ2) is 8.16. The Morgan fingerprint density at radius 2 is 1.85 bits per heavy atom. The number of esters is 1. The van der Waals surface area contributed by atoms with Crippen LogP contribution in [0.15, 0.2) is 24.3 Å². The average molecular weight is 369 g/mol. The molecule has 142 valence electrons. The van der Waals surface area contributed by atoms with Gasteiger partial charge in [0.05, 0.1) is 16.8 Å². The lowest BCUT2D eigenvalue weighted by Gasteiger charge is -2.13. The van der Waals surface area contributed by atoms with Crippen LogP contribution in [0, 0.1) is 13.8 Å². The van der Waals surface area contributed by atoms with Gasteiger partial charge in [0, 0.05) is 11.4 Å². The second-order valence-corrected chi connectivity index (χ2v) is 6.79. The molecule has 1 aromatic carbocycles. The first kappa shape index (κ1) is 18.8. The van der Waals surface area contributed by atoms with Crippen LogP contribution in [0.2, 0.25) is 0 Å². The molecule has 0 bridgehead atoms. The Hall–Kier alpha value is -2.96. The number of nitrogens with zero attached hydrogens (tertiary/aromatic N) is 1. The fourth-order valence-corrected chi connectivity index (χ4v) is 3.49. The van der Waals surface area contributed by atoms with E-state index in [1.807, 2.05) is 31.2 Å². The van der Waals surface area contributed by atoms with Gasteiger partial charge in [-0.05, 0) is 38.3 Å². The van der Waals surface area contributed by atoms with Crippen molar-refractivity contribution in [3.05, 3.63) is 41.1 Å². The van der Waals surface area contributed by atoms with Crippen LogP contribution < -0.4 is 10.6 Å². The van der Waals surface area contributed by atoms with Gasteiger partial charge in [0.25, 0.3) is 5.91 Å². The number of carbonyl (C=O) groups is 3. The molecule has 7 nitrogen and oxygen atoms in total. The molecule has 0 radical (unpaired) electrons. The summed E-state index contributed by atoms with van der Waals surface area (Å²) in [6, 6.07) is 7.07. The highest BCUT2D eigenvalue weighted by Crippen LogP contribution is 2.23. The summed E-state index contributed by atoms with van der Waals surface area (Å²) in [5.41, 5.74) is 2.43. The van der Waals surface area contributed by atoms with Gasteiger partial charge in [-0.15, -0.1) is 0 Å². The third kappa shape index (κ3) is 4.42. The molecule has 1 aliphatic rings. The molecule has 2 aromatic rings. The number of rotatable bonds is 4. The maximum atomic E-state index is 12.5. The summed E-state index contributed by atoms with van der Waals surface area (Å²) in [6.07, 6.45) is 4.00. The summed E-state index contributed by atoms with van der Waals surface area (Å²) in [7, 11) is 0. The second-order valence-electron chi connectivity index (χ2n) is 6.79. The lowest BCUT2D eigenvalue weighted by atomic mass is 10.0. The number of imide groups is 1. The smallest absolute Gasteiger partial charge is 0.340 e. The molecule has 0 aliphatic heterocycles. The zero-order valence-electron chi connectivity index (χ0n) is 15.5. The van der Waals surface area contributed by atoms with Gasteiger partial charge in [-0.1, -0.05) is 31.0 Å². The summed E-state index contributed by atoms with van der Waals surface area (Å²) >= 11 is 0. The van der Waals surface area contributed by atoms with Gasteiger partial charge >= 0.3 is 12.0 Å². The van der Waals surface area contributed by atoms with Crippen LogP contribution in [0.5, 0.6) is 0 Å². The van der Waals surface area contributed by atoms with E-state index >= 15 is 0 Å². The Bertz CT molecular complexity index is 888. The van der Waals surface area contributed by atoms with Crippen LogP contribution in [0.1, 0.15) is 47.3 Å². The van der Waals surface area contributed by atoms with E-state index in [4.69, 9.17) is 4.74 Å². The number of aryl methyl sites for hydroxylation is 2.